The number of allylic oxidation sites excluding steroid dienone is 2. The minimum atomic E-state index is -0.468. The highest BCUT2D eigenvalue weighted by Crippen LogP contribution is 2.52. The molecule has 2 N–H and O–H groups in total. The van der Waals surface area contributed by atoms with Gasteiger partial charge in [0, 0.05) is 16.9 Å². The molecule has 0 radical (unpaired) electrons. The number of phenolic OH excluding ortho intramolecular Hbond substituents is 1. The molecule has 0 bridgehead atoms. The van der Waals surface area contributed by atoms with Crippen LogP contribution in [0.4, 0.5) is 0 Å². The molecule has 0 saturated carbocycles. The number of fused-ring (bicyclic) bond motifs is 1. The zero-order valence-corrected chi connectivity index (χ0v) is 12.5. The van der Waals surface area contributed by atoms with Gasteiger partial charge in [0.15, 0.2) is 11.5 Å². The van der Waals surface area contributed by atoms with Crippen LogP contribution in [0.25, 0.3) is 0 Å². The topological polar surface area (TPSA) is 76.0 Å². The smallest absolute Gasteiger partial charge is 0.311 e. The second kappa shape index (κ2) is 5.09. The fourth-order valence-electron chi connectivity index (χ4n) is 3.22. The molecule has 2 aliphatic rings. The van der Waals surface area contributed by atoms with Crippen LogP contribution in [-0.2, 0) is 9.53 Å². The summed E-state index contributed by atoms with van der Waals surface area (Å²) in [5.74, 6) is 0.409. The average Bonchev–Trinajstić information content (AvgIpc) is 2.49. The Hall–Kier alpha value is -2.43. The lowest BCUT2D eigenvalue weighted by molar-refractivity contribution is -0.136. The van der Waals surface area contributed by atoms with Gasteiger partial charge in [-0.15, -0.1) is 0 Å². The van der Waals surface area contributed by atoms with Crippen molar-refractivity contribution in [2.75, 3.05) is 7.11 Å². The largest absolute Gasteiger partial charge is 0.508 e. The van der Waals surface area contributed by atoms with Gasteiger partial charge in [0.2, 0.25) is 0 Å². The minimum Gasteiger partial charge on any atom is -0.508 e. The molecule has 0 aromatic heterocycles. The fraction of sp³-hybridized carbons (Fsp3) is 0.353. The Labute approximate surface area is 128 Å². The molecule has 1 heterocycles. The summed E-state index contributed by atoms with van der Waals surface area (Å²) in [6, 6.07) is 4.92. The van der Waals surface area contributed by atoms with E-state index in [0.29, 0.717) is 23.5 Å². The minimum absolute atomic E-state index is 0.0934. The van der Waals surface area contributed by atoms with Gasteiger partial charge in [-0.25, -0.2) is 0 Å². The number of aromatic hydroxyl groups is 1. The molecule has 0 fully saturated rings. The molecule has 0 amide bonds. The monoisotopic (exact) mass is 302 g/mol. The molecule has 5 nitrogen and oxygen atoms in total. The number of carbonyl (C=O) groups is 1. The highest BCUT2D eigenvalue weighted by atomic mass is 16.5. The number of benzene rings is 1. The van der Waals surface area contributed by atoms with Crippen LogP contribution < -0.4 is 4.74 Å². The first-order valence-corrected chi connectivity index (χ1v) is 7.13. The van der Waals surface area contributed by atoms with Crippen molar-refractivity contribution in [2.45, 2.75) is 25.7 Å². The van der Waals surface area contributed by atoms with E-state index in [1.165, 1.54) is 7.11 Å². The molecule has 3 rings (SSSR count). The quantitative estimate of drug-likeness (QED) is 0.648. The van der Waals surface area contributed by atoms with Crippen molar-refractivity contribution in [3.8, 4) is 11.5 Å². The Bertz CT molecular complexity index is 688. The first kappa shape index (κ1) is 14.5. The number of hydrogen-bond donors (Lipinski definition) is 2. The van der Waals surface area contributed by atoms with E-state index in [0.717, 1.165) is 0 Å². The number of methoxy groups -OCH3 is 1. The maximum atomic E-state index is 11.9. The van der Waals surface area contributed by atoms with Gasteiger partial charge in [0.25, 0.3) is 0 Å². The zero-order chi connectivity index (χ0) is 15.9. The number of ether oxygens (including phenoxy) is 2. The van der Waals surface area contributed by atoms with Crippen LogP contribution in [0.5, 0.6) is 11.5 Å². The predicted molar refractivity (Wildman–Crippen MR) is 79.6 cm³/mol. The lowest BCUT2D eigenvalue weighted by Crippen LogP contribution is -2.32. The third-order valence-electron chi connectivity index (χ3n) is 4.45. The summed E-state index contributed by atoms with van der Waals surface area (Å²) in [6.07, 6.45) is 4.21. The summed E-state index contributed by atoms with van der Waals surface area (Å²) in [6.45, 7) is 1.98. The van der Waals surface area contributed by atoms with Gasteiger partial charge in [-0.3, -0.25) is 4.79 Å². The molecule has 1 aromatic rings. The zero-order valence-electron chi connectivity index (χ0n) is 12.5. The Kier molecular flexibility index (Phi) is 3.35. The summed E-state index contributed by atoms with van der Waals surface area (Å²) < 4.78 is 10.4. The number of hydrogen-bond acceptors (Lipinski definition) is 5. The van der Waals surface area contributed by atoms with Gasteiger partial charge in [-0.05, 0) is 30.7 Å². The Morgan fingerprint density at radius 1 is 1.36 bits per heavy atom. The molecule has 0 spiro atoms. The Morgan fingerprint density at radius 2 is 2.14 bits per heavy atom. The number of carbonyl (C=O) groups excluding carboxylic acids is 1. The van der Waals surface area contributed by atoms with Crippen molar-refractivity contribution in [1.82, 2.24) is 0 Å². The van der Waals surface area contributed by atoms with E-state index in [-0.39, 0.29) is 29.8 Å². The first-order chi connectivity index (χ1) is 10.4. The highest BCUT2D eigenvalue weighted by Gasteiger charge is 2.43. The molecule has 2 atom stereocenters. The molecule has 1 unspecified atom stereocenters. The summed E-state index contributed by atoms with van der Waals surface area (Å²) >= 11 is 0. The first-order valence-electron chi connectivity index (χ1n) is 7.13. The number of aliphatic hydroxyl groups is 1. The van der Waals surface area contributed by atoms with Crippen molar-refractivity contribution >= 4 is 5.97 Å². The maximum absolute atomic E-state index is 11.9. The second-order valence-corrected chi connectivity index (χ2v) is 5.93. The fourth-order valence-corrected chi connectivity index (χ4v) is 3.22. The number of phenols is 1. The van der Waals surface area contributed by atoms with E-state index in [1.54, 1.807) is 24.3 Å². The van der Waals surface area contributed by atoms with Crippen LogP contribution in [0, 0.1) is 5.41 Å². The molecule has 1 aromatic carbocycles. The molecule has 0 saturated heterocycles. The van der Waals surface area contributed by atoms with Crippen LogP contribution in [0.15, 0.2) is 41.9 Å². The molecule has 22 heavy (non-hydrogen) atoms. The Morgan fingerprint density at radius 3 is 2.86 bits per heavy atom. The van der Waals surface area contributed by atoms with Gasteiger partial charge in [0.05, 0.1) is 13.5 Å². The summed E-state index contributed by atoms with van der Waals surface area (Å²) in [7, 11) is 1.49. The maximum Gasteiger partial charge on any atom is 0.311 e. The van der Waals surface area contributed by atoms with Gasteiger partial charge in [-0.2, -0.15) is 0 Å². The lowest BCUT2D eigenvalue weighted by atomic mass is 9.67. The van der Waals surface area contributed by atoms with E-state index in [2.05, 4.69) is 0 Å². The highest BCUT2D eigenvalue weighted by molar-refractivity contribution is 5.78. The van der Waals surface area contributed by atoms with Crippen molar-refractivity contribution in [2.24, 2.45) is 5.41 Å². The summed E-state index contributed by atoms with van der Waals surface area (Å²) in [5.41, 5.74) is 0.163. The second-order valence-electron chi connectivity index (χ2n) is 5.93. The number of rotatable bonds is 2. The molecular formula is C17H18O5. The van der Waals surface area contributed by atoms with Crippen LogP contribution in [0.3, 0.4) is 0 Å². The van der Waals surface area contributed by atoms with Crippen LogP contribution in [-0.4, -0.2) is 23.3 Å². The third kappa shape index (κ3) is 2.22. The summed E-state index contributed by atoms with van der Waals surface area (Å²) in [5, 5.41) is 20.1. The number of esters is 1. The van der Waals surface area contributed by atoms with E-state index < -0.39 is 5.41 Å². The van der Waals surface area contributed by atoms with Crippen molar-refractivity contribution in [1.29, 1.82) is 0 Å². The van der Waals surface area contributed by atoms with Gasteiger partial charge >= 0.3 is 5.97 Å². The van der Waals surface area contributed by atoms with Crippen LogP contribution in [0.1, 0.15) is 31.2 Å². The van der Waals surface area contributed by atoms with Gasteiger partial charge in [0.1, 0.15) is 11.5 Å². The Balaban J connectivity index is 2.10. The molecule has 1 aliphatic heterocycles. The number of aliphatic hydroxyl groups excluding tert-OH is 1. The van der Waals surface area contributed by atoms with Gasteiger partial charge in [-0.1, -0.05) is 13.0 Å². The molecule has 5 heteroatoms. The molecular weight excluding hydrogens is 284 g/mol. The average molecular weight is 302 g/mol. The molecule has 116 valence electrons. The van der Waals surface area contributed by atoms with E-state index >= 15 is 0 Å². The predicted octanol–water partition coefficient (Wildman–Crippen LogP) is 3.17. The lowest BCUT2D eigenvalue weighted by Gasteiger charge is -2.39. The molecule has 1 aliphatic carbocycles. The normalized spacial score (nSPS) is 27.4. The standard InChI is InChI=1S/C17H18O5/c1-17(7-6-11(18)14(9-17)21-2)10-8-15(20)22-13-5-3-4-12(19)16(10)13/h3-6,9-10,18-19H,7-8H2,1-2H3/t10-,17?/m0/s1. The van der Waals surface area contributed by atoms with Crippen LogP contribution in [0.2, 0.25) is 0 Å². The summed E-state index contributed by atoms with van der Waals surface area (Å²) in [4.78, 5) is 11.9. The van der Waals surface area contributed by atoms with Crippen molar-refractivity contribution in [3.05, 3.63) is 47.4 Å². The SMILES string of the molecule is COC1=CC(C)([C@H]2CC(=O)Oc3cccc(O)c32)CC=C1O. The van der Waals surface area contributed by atoms with Gasteiger partial charge < -0.3 is 19.7 Å². The van der Waals surface area contributed by atoms with E-state index in [1.807, 2.05) is 13.0 Å². The van der Waals surface area contributed by atoms with Crippen LogP contribution >= 0.6 is 0 Å². The van der Waals surface area contributed by atoms with Crippen molar-refractivity contribution in [3.63, 3.8) is 0 Å². The van der Waals surface area contributed by atoms with E-state index in [9.17, 15) is 15.0 Å². The third-order valence-corrected chi connectivity index (χ3v) is 4.45. The van der Waals surface area contributed by atoms with E-state index in [4.69, 9.17) is 9.47 Å². The van der Waals surface area contributed by atoms with Crippen molar-refractivity contribution < 1.29 is 24.5 Å².